The number of likely N-dealkylation sites (N-methyl/N-ethyl adjacent to an activating group) is 1. The number of esters is 1. The number of rotatable bonds is 3. The fourth-order valence-corrected chi connectivity index (χ4v) is 2.79. The van der Waals surface area contributed by atoms with Gasteiger partial charge in [0, 0.05) is 26.2 Å². The summed E-state index contributed by atoms with van der Waals surface area (Å²) < 4.78 is 4.77. The number of piperazine rings is 1. The number of carbonyl (C=O) groups is 1. The fourth-order valence-electron chi connectivity index (χ4n) is 2.79. The minimum Gasteiger partial charge on any atom is -0.468 e. The highest BCUT2D eigenvalue weighted by Gasteiger charge is 2.30. The first-order valence-corrected chi connectivity index (χ1v) is 7.81. The molecule has 1 fully saturated rings. The average molecular weight is 325 g/mol. The molecule has 1 saturated heterocycles. The topological polar surface area (TPSA) is 82.3 Å². The molecule has 1 aliphatic heterocycles. The van der Waals surface area contributed by atoms with E-state index < -0.39 is 11.9 Å². The summed E-state index contributed by atoms with van der Waals surface area (Å²) in [5, 5.41) is 9.47. The molecule has 24 heavy (non-hydrogen) atoms. The first-order valence-electron chi connectivity index (χ1n) is 7.81. The van der Waals surface area contributed by atoms with Crippen LogP contribution in [0.4, 0.5) is 5.82 Å². The lowest BCUT2D eigenvalue weighted by atomic mass is 10.1. The van der Waals surface area contributed by atoms with Gasteiger partial charge in [0.25, 0.3) is 0 Å². The van der Waals surface area contributed by atoms with Crippen LogP contribution in [0.25, 0.3) is 11.0 Å². The Bertz CT molecular complexity index is 793. The van der Waals surface area contributed by atoms with Gasteiger partial charge in [-0.1, -0.05) is 12.1 Å². The van der Waals surface area contributed by atoms with Gasteiger partial charge in [-0.2, -0.15) is 5.26 Å². The van der Waals surface area contributed by atoms with Crippen molar-refractivity contribution in [3.63, 3.8) is 0 Å². The number of nitriles is 1. The molecule has 7 heteroatoms. The van der Waals surface area contributed by atoms with Crippen molar-refractivity contribution in [1.29, 1.82) is 5.26 Å². The van der Waals surface area contributed by atoms with Crippen LogP contribution in [0.1, 0.15) is 11.6 Å². The lowest BCUT2D eigenvalue weighted by molar-refractivity contribution is -0.141. The molecule has 1 atom stereocenters. The van der Waals surface area contributed by atoms with E-state index in [1.807, 2.05) is 30.3 Å². The predicted molar refractivity (Wildman–Crippen MR) is 89.6 cm³/mol. The van der Waals surface area contributed by atoms with E-state index in [9.17, 15) is 10.1 Å². The number of aromatic nitrogens is 2. The van der Waals surface area contributed by atoms with Gasteiger partial charge in [0.05, 0.1) is 24.2 Å². The molecule has 0 amide bonds. The first kappa shape index (κ1) is 16.1. The van der Waals surface area contributed by atoms with Gasteiger partial charge in [-0.15, -0.1) is 0 Å². The first-order chi connectivity index (χ1) is 11.6. The molecule has 0 saturated carbocycles. The molecule has 3 rings (SSSR count). The largest absolute Gasteiger partial charge is 0.468 e. The van der Waals surface area contributed by atoms with Crippen LogP contribution in [0.5, 0.6) is 0 Å². The van der Waals surface area contributed by atoms with Crippen molar-refractivity contribution in [3.05, 3.63) is 30.0 Å². The van der Waals surface area contributed by atoms with Crippen molar-refractivity contribution in [2.24, 2.45) is 0 Å². The summed E-state index contributed by atoms with van der Waals surface area (Å²) in [5.74, 6) is -1.10. The summed E-state index contributed by atoms with van der Waals surface area (Å²) in [4.78, 5) is 25.6. The quantitative estimate of drug-likeness (QED) is 0.783. The van der Waals surface area contributed by atoms with Gasteiger partial charge in [-0.05, 0) is 19.2 Å². The van der Waals surface area contributed by atoms with Gasteiger partial charge >= 0.3 is 5.97 Å². The number of hydrogen-bond donors (Lipinski definition) is 0. The van der Waals surface area contributed by atoms with Gasteiger partial charge in [0.15, 0.2) is 11.7 Å². The molecule has 2 aromatic rings. The molecule has 1 aromatic carbocycles. The molecule has 0 unspecified atom stereocenters. The highest BCUT2D eigenvalue weighted by molar-refractivity contribution is 5.85. The van der Waals surface area contributed by atoms with E-state index in [0.29, 0.717) is 17.0 Å². The SMILES string of the molecule is COC(=O)[C@H](C#N)c1nc2ccccc2nc1N1CCN(C)CC1. The van der Waals surface area contributed by atoms with Crippen LogP contribution in [0.3, 0.4) is 0 Å². The molecular formula is C17H19N5O2. The second-order valence-corrected chi connectivity index (χ2v) is 5.80. The Morgan fingerprint density at radius 2 is 1.83 bits per heavy atom. The second kappa shape index (κ2) is 6.81. The second-order valence-electron chi connectivity index (χ2n) is 5.80. The summed E-state index contributed by atoms with van der Waals surface area (Å²) in [6, 6.07) is 9.47. The third kappa shape index (κ3) is 3.01. The number of nitrogens with zero attached hydrogens (tertiary/aromatic N) is 5. The third-order valence-corrected chi connectivity index (χ3v) is 4.22. The molecule has 0 spiro atoms. The Balaban J connectivity index is 2.12. The van der Waals surface area contributed by atoms with Crippen molar-refractivity contribution in [1.82, 2.24) is 14.9 Å². The number of fused-ring (bicyclic) bond motifs is 1. The average Bonchev–Trinajstić information content (AvgIpc) is 2.62. The number of carbonyl (C=O) groups excluding carboxylic acids is 1. The van der Waals surface area contributed by atoms with Crippen LogP contribution in [-0.4, -0.2) is 61.2 Å². The van der Waals surface area contributed by atoms with E-state index in [1.165, 1.54) is 7.11 Å². The number of anilines is 1. The van der Waals surface area contributed by atoms with Crippen LogP contribution in [0.2, 0.25) is 0 Å². The lowest BCUT2D eigenvalue weighted by Gasteiger charge is -2.34. The zero-order valence-corrected chi connectivity index (χ0v) is 13.8. The van der Waals surface area contributed by atoms with Crippen molar-refractivity contribution in [3.8, 4) is 6.07 Å². The molecule has 0 bridgehead atoms. The van der Waals surface area contributed by atoms with Crippen molar-refractivity contribution >= 4 is 22.8 Å². The molecule has 1 aromatic heterocycles. The van der Waals surface area contributed by atoms with Crippen LogP contribution in [-0.2, 0) is 9.53 Å². The highest BCUT2D eigenvalue weighted by atomic mass is 16.5. The number of ether oxygens (including phenoxy) is 1. The normalized spacial score (nSPS) is 16.6. The number of benzene rings is 1. The molecule has 0 radical (unpaired) electrons. The van der Waals surface area contributed by atoms with Gasteiger partial charge in [-0.25, -0.2) is 9.97 Å². The summed E-state index contributed by atoms with van der Waals surface area (Å²) in [7, 11) is 3.34. The minimum absolute atomic E-state index is 0.368. The van der Waals surface area contributed by atoms with E-state index >= 15 is 0 Å². The standard InChI is InChI=1S/C17H19N5O2/c1-21-7-9-22(10-8-21)16-15(12(11-18)17(23)24-2)19-13-5-3-4-6-14(13)20-16/h3-6,12H,7-10H2,1-2H3/t12-/m1/s1. The van der Waals surface area contributed by atoms with E-state index in [4.69, 9.17) is 9.72 Å². The van der Waals surface area contributed by atoms with Crippen molar-refractivity contribution < 1.29 is 9.53 Å². The zero-order chi connectivity index (χ0) is 17.1. The molecule has 0 N–H and O–H groups in total. The minimum atomic E-state index is -1.08. The Kier molecular flexibility index (Phi) is 4.58. The molecular weight excluding hydrogens is 306 g/mol. The van der Waals surface area contributed by atoms with Crippen LogP contribution in [0, 0.1) is 11.3 Å². The Labute approximate surface area is 140 Å². The summed E-state index contributed by atoms with van der Waals surface area (Å²) in [5.41, 5.74) is 1.78. The van der Waals surface area contributed by atoms with E-state index in [1.54, 1.807) is 0 Å². The van der Waals surface area contributed by atoms with Crippen LogP contribution in [0.15, 0.2) is 24.3 Å². The monoisotopic (exact) mass is 325 g/mol. The zero-order valence-electron chi connectivity index (χ0n) is 13.8. The highest BCUT2D eigenvalue weighted by Crippen LogP contribution is 2.28. The fraction of sp³-hybridized carbons (Fsp3) is 0.412. The van der Waals surface area contributed by atoms with Crippen molar-refractivity contribution in [2.75, 3.05) is 45.2 Å². The van der Waals surface area contributed by atoms with Crippen molar-refractivity contribution in [2.45, 2.75) is 5.92 Å². The van der Waals surface area contributed by atoms with Gasteiger partial charge in [-0.3, -0.25) is 4.79 Å². The number of para-hydroxylation sites is 2. The third-order valence-electron chi connectivity index (χ3n) is 4.22. The van der Waals surface area contributed by atoms with Gasteiger partial charge < -0.3 is 14.5 Å². The van der Waals surface area contributed by atoms with Crippen LogP contribution < -0.4 is 4.90 Å². The van der Waals surface area contributed by atoms with Gasteiger partial charge in [0.1, 0.15) is 5.69 Å². The summed E-state index contributed by atoms with van der Waals surface area (Å²) >= 11 is 0. The lowest BCUT2D eigenvalue weighted by Crippen LogP contribution is -2.45. The van der Waals surface area contributed by atoms with Crippen LogP contribution >= 0.6 is 0 Å². The molecule has 7 nitrogen and oxygen atoms in total. The Hall–Kier alpha value is -2.72. The number of methoxy groups -OCH3 is 1. The van der Waals surface area contributed by atoms with Gasteiger partial charge in [0.2, 0.25) is 0 Å². The molecule has 2 heterocycles. The van der Waals surface area contributed by atoms with E-state index in [2.05, 4.69) is 21.8 Å². The number of hydrogen-bond acceptors (Lipinski definition) is 7. The molecule has 1 aliphatic rings. The maximum Gasteiger partial charge on any atom is 0.329 e. The summed E-state index contributed by atoms with van der Waals surface area (Å²) in [6.07, 6.45) is 0. The van der Waals surface area contributed by atoms with E-state index in [0.717, 1.165) is 31.7 Å². The van der Waals surface area contributed by atoms with E-state index in [-0.39, 0.29) is 0 Å². The maximum atomic E-state index is 12.0. The maximum absolute atomic E-state index is 12.0. The Morgan fingerprint density at radius 1 is 1.21 bits per heavy atom. The smallest absolute Gasteiger partial charge is 0.329 e. The Morgan fingerprint density at radius 3 is 2.42 bits per heavy atom. The molecule has 0 aliphatic carbocycles. The summed E-state index contributed by atoms with van der Waals surface area (Å²) in [6.45, 7) is 3.33. The predicted octanol–water partition coefficient (Wildman–Crippen LogP) is 1.16. The molecule has 124 valence electrons.